The van der Waals surface area contributed by atoms with Gasteiger partial charge in [0, 0.05) is 7.05 Å². The maximum atomic E-state index is 11.9. The first-order valence-corrected chi connectivity index (χ1v) is 6.11. The number of rotatable bonds is 4. The molecule has 1 aromatic heterocycles. The Morgan fingerprint density at radius 2 is 2.00 bits per heavy atom. The Morgan fingerprint density at radius 1 is 1.40 bits per heavy atom. The summed E-state index contributed by atoms with van der Waals surface area (Å²) in [5, 5.41) is 19.2. The van der Waals surface area contributed by atoms with Gasteiger partial charge in [-0.25, -0.2) is 4.79 Å². The summed E-state index contributed by atoms with van der Waals surface area (Å²) in [5.74, 6) is -1.06. The standard InChI is InChI=1S/C12H20N4O4/c1-11(2,3)20-10(19)13-12(4,6-9(17)18)8-7-16(5)15-14-8/h7H,6H2,1-5H3,(H,13,19)(H,17,18). The second kappa shape index (κ2) is 5.48. The number of aliphatic carboxylic acids is 1. The van der Waals surface area contributed by atoms with E-state index in [4.69, 9.17) is 9.84 Å². The van der Waals surface area contributed by atoms with E-state index in [0.29, 0.717) is 5.69 Å². The van der Waals surface area contributed by atoms with Crippen molar-refractivity contribution in [2.45, 2.75) is 45.3 Å². The Bertz CT molecular complexity index is 506. The summed E-state index contributed by atoms with van der Waals surface area (Å²) < 4.78 is 6.58. The number of carbonyl (C=O) groups is 2. The number of aryl methyl sites for hydroxylation is 1. The molecule has 1 heterocycles. The van der Waals surface area contributed by atoms with Gasteiger partial charge in [-0.2, -0.15) is 0 Å². The van der Waals surface area contributed by atoms with Crippen LogP contribution in [0, 0.1) is 0 Å². The summed E-state index contributed by atoms with van der Waals surface area (Å²) in [6.45, 7) is 6.74. The first-order valence-electron chi connectivity index (χ1n) is 6.11. The van der Waals surface area contributed by atoms with Crippen LogP contribution in [-0.4, -0.2) is 37.8 Å². The molecule has 0 radical (unpaired) electrons. The average molecular weight is 284 g/mol. The number of carboxylic acid groups (broad SMARTS) is 1. The minimum Gasteiger partial charge on any atom is -0.481 e. The van der Waals surface area contributed by atoms with Gasteiger partial charge in [-0.05, 0) is 27.7 Å². The predicted octanol–water partition coefficient (Wildman–Crippen LogP) is 1.03. The van der Waals surface area contributed by atoms with Crippen LogP contribution in [0.1, 0.15) is 39.8 Å². The van der Waals surface area contributed by atoms with Crippen LogP contribution < -0.4 is 5.32 Å². The number of nitrogens with zero attached hydrogens (tertiary/aromatic N) is 3. The number of alkyl carbamates (subject to hydrolysis) is 1. The first kappa shape index (κ1) is 15.9. The van der Waals surface area contributed by atoms with Crippen molar-refractivity contribution in [1.82, 2.24) is 20.3 Å². The molecule has 8 heteroatoms. The van der Waals surface area contributed by atoms with Gasteiger partial charge in [0.25, 0.3) is 0 Å². The van der Waals surface area contributed by atoms with Crippen molar-refractivity contribution in [3.8, 4) is 0 Å². The molecule has 0 aromatic carbocycles. The van der Waals surface area contributed by atoms with Gasteiger partial charge in [-0.3, -0.25) is 9.48 Å². The molecule has 1 unspecified atom stereocenters. The zero-order chi connectivity index (χ0) is 15.6. The second-order valence-corrected chi connectivity index (χ2v) is 5.81. The van der Waals surface area contributed by atoms with E-state index < -0.39 is 23.2 Å². The van der Waals surface area contributed by atoms with Gasteiger partial charge < -0.3 is 15.2 Å². The van der Waals surface area contributed by atoms with Crippen LogP contribution in [-0.2, 0) is 22.1 Å². The van der Waals surface area contributed by atoms with Gasteiger partial charge >= 0.3 is 12.1 Å². The molecule has 0 fully saturated rings. The summed E-state index contributed by atoms with van der Waals surface area (Å²) in [4.78, 5) is 22.9. The second-order valence-electron chi connectivity index (χ2n) is 5.81. The quantitative estimate of drug-likeness (QED) is 0.855. The minimum atomic E-state index is -1.19. The molecule has 0 saturated carbocycles. The number of ether oxygens (including phenoxy) is 1. The smallest absolute Gasteiger partial charge is 0.408 e. The molecule has 0 saturated heterocycles. The molecule has 0 aliphatic rings. The van der Waals surface area contributed by atoms with Crippen LogP contribution in [0.2, 0.25) is 0 Å². The Labute approximate surface area is 117 Å². The molecule has 0 spiro atoms. The van der Waals surface area contributed by atoms with E-state index in [-0.39, 0.29) is 6.42 Å². The fourth-order valence-corrected chi connectivity index (χ4v) is 1.63. The highest BCUT2D eigenvalue weighted by Gasteiger charge is 2.35. The maximum Gasteiger partial charge on any atom is 0.408 e. The average Bonchev–Trinajstić information content (AvgIpc) is 2.60. The van der Waals surface area contributed by atoms with E-state index in [1.54, 1.807) is 40.9 Å². The Kier molecular flexibility index (Phi) is 4.36. The number of hydrogen-bond acceptors (Lipinski definition) is 5. The molecule has 20 heavy (non-hydrogen) atoms. The van der Waals surface area contributed by atoms with E-state index in [0.717, 1.165) is 0 Å². The zero-order valence-corrected chi connectivity index (χ0v) is 12.3. The van der Waals surface area contributed by atoms with Crippen LogP contribution in [0.3, 0.4) is 0 Å². The molecule has 1 amide bonds. The Morgan fingerprint density at radius 3 is 2.40 bits per heavy atom. The fraction of sp³-hybridized carbons (Fsp3) is 0.667. The summed E-state index contributed by atoms with van der Waals surface area (Å²) in [6.07, 6.45) is 0.525. The van der Waals surface area contributed by atoms with Gasteiger partial charge in [0.05, 0.1) is 18.2 Å². The van der Waals surface area contributed by atoms with Crippen molar-refractivity contribution in [2.24, 2.45) is 7.05 Å². The number of nitrogens with one attached hydrogen (secondary N) is 1. The highest BCUT2D eigenvalue weighted by molar-refractivity contribution is 5.73. The largest absolute Gasteiger partial charge is 0.481 e. The molecule has 1 atom stereocenters. The van der Waals surface area contributed by atoms with Crippen molar-refractivity contribution in [2.75, 3.05) is 0 Å². The molecule has 0 aliphatic carbocycles. The molecular formula is C12H20N4O4. The van der Waals surface area contributed by atoms with E-state index in [1.165, 1.54) is 4.68 Å². The Balaban J connectivity index is 2.95. The lowest BCUT2D eigenvalue weighted by Gasteiger charge is -2.29. The number of carboxylic acids is 1. The molecule has 112 valence electrons. The predicted molar refractivity (Wildman–Crippen MR) is 70.0 cm³/mol. The number of hydrogen-bond donors (Lipinski definition) is 2. The highest BCUT2D eigenvalue weighted by Crippen LogP contribution is 2.23. The van der Waals surface area contributed by atoms with E-state index >= 15 is 0 Å². The third-order valence-electron chi connectivity index (χ3n) is 2.45. The van der Waals surface area contributed by atoms with Crippen LogP contribution >= 0.6 is 0 Å². The third-order valence-corrected chi connectivity index (χ3v) is 2.45. The summed E-state index contributed by atoms with van der Waals surface area (Å²) in [6, 6.07) is 0. The third kappa shape index (κ3) is 4.52. The summed E-state index contributed by atoms with van der Waals surface area (Å²) >= 11 is 0. The monoisotopic (exact) mass is 284 g/mol. The topological polar surface area (TPSA) is 106 Å². The summed E-state index contributed by atoms with van der Waals surface area (Å²) in [7, 11) is 1.66. The minimum absolute atomic E-state index is 0.328. The lowest BCUT2D eigenvalue weighted by Crippen LogP contribution is -2.47. The lowest BCUT2D eigenvalue weighted by molar-refractivity contribution is -0.138. The van der Waals surface area contributed by atoms with Crippen molar-refractivity contribution in [3.05, 3.63) is 11.9 Å². The van der Waals surface area contributed by atoms with Crippen LogP contribution in [0.5, 0.6) is 0 Å². The van der Waals surface area contributed by atoms with Crippen LogP contribution in [0.4, 0.5) is 4.79 Å². The van der Waals surface area contributed by atoms with E-state index in [9.17, 15) is 9.59 Å². The number of carbonyl (C=O) groups excluding carboxylic acids is 1. The lowest BCUT2D eigenvalue weighted by atomic mass is 9.94. The van der Waals surface area contributed by atoms with Gasteiger partial charge in [-0.1, -0.05) is 5.21 Å². The molecule has 0 aliphatic heterocycles. The van der Waals surface area contributed by atoms with Crippen LogP contribution in [0.15, 0.2) is 6.20 Å². The van der Waals surface area contributed by atoms with Gasteiger partial charge in [0.1, 0.15) is 11.3 Å². The molecule has 8 nitrogen and oxygen atoms in total. The van der Waals surface area contributed by atoms with Gasteiger partial charge in [-0.15, -0.1) is 5.10 Å². The van der Waals surface area contributed by atoms with Crippen molar-refractivity contribution >= 4 is 12.1 Å². The number of amides is 1. The van der Waals surface area contributed by atoms with Crippen LogP contribution in [0.25, 0.3) is 0 Å². The van der Waals surface area contributed by atoms with Crippen molar-refractivity contribution < 1.29 is 19.4 Å². The normalized spacial score (nSPS) is 14.4. The molecule has 2 N–H and O–H groups in total. The zero-order valence-electron chi connectivity index (χ0n) is 12.3. The van der Waals surface area contributed by atoms with Crippen molar-refractivity contribution in [3.63, 3.8) is 0 Å². The summed E-state index contributed by atoms with van der Waals surface area (Å²) in [5.41, 5.74) is -1.51. The SMILES string of the molecule is Cn1cc(C(C)(CC(=O)O)NC(=O)OC(C)(C)C)nn1. The van der Waals surface area contributed by atoms with E-state index in [1.807, 2.05) is 0 Å². The highest BCUT2D eigenvalue weighted by atomic mass is 16.6. The van der Waals surface area contributed by atoms with Crippen molar-refractivity contribution in [1.29, 1.82) is 0 Å². The molecule has 0 bridgehead atoms. The Hall–Kier alpha value is -2.12. The van der Waals surface area contributed by atoms with Gasteiger partial charge in [0.15, 0.2) is 0 Å². The molecule has 1 rings (SSSR count). The number of aromatic nitrogens is 3. The van der Waals surface area contributed by atoms with E-state index in [2.05, 4.69) is 15.6 Å². The maximum absolute atomic E-state index is 11.9. The molecule has 1 aromatic rings. The fourth-order valence-electron chi connectivity index (χ4n) is 1.63. The molecular weight excluding hydrogens is 264 g/mol. The first-order chi connectivity index (χ1) is 9.02. The van der Waals surface area contributed by atoms with Gasteiger partial charge in [0.2, 0.25) is 0 Å².